The van der Waals surface area contributed by atoms with E-state index in [1.807, 2.05) is 103 Å². The lowest BCUT2D eigenvalue weighted by Crippen LogP contribution is -2.37. The molecular weight excluding hydrogens is 775 g/mol. The number of aryl methyl sites for hydroxylation is 3. The fourth-order valence-corrected chi connectivity index (χ4v) is 6.76. The molecule has 2 saturated heterocycles. The fourth-order valence-electron chi connectivity index (χ4n) is 6.16. The van der Waals surface area contributed by atoms with Crippen LogP contribution in [-0.2, 0) is 23.7 Å². The maximum atomic E-state index is 12.1. The van der Waals surface area contributed by atoms with Crippen LogP contribution < -0.4 is 0 Å². The van der Waals surface area contributed by atoms with Crippen LogP contribution in [0.5, 0.6) is 0 Å². The summed E-state index contributed by atoms with van der Waals surface area (Å²) in [6.07, 6.45) is 4.45. The van der Waals surface area contributed by atoms with Crippen LogP contribution in [0.25, 0.3) is 33.3 Å². The molecule has 0 unspecified atom stereocenters. The molecule has 2 fully saturated rings. The molecule has 2 N–H and O–H groups in total. The third-order valence-electron chi connectivity index (χ3n) is 9.35. The number of likely N-dealkylation sites (tertiary alicyclic amines) is 2. The number of aliphatic hydroxyl groups is 2. The normalized spacial score (nSPS) is 18.8. The number of fused-ring (bicyclic) bond motifs is 2. The van der Waals surface area contributed by atoms with E-state index in [0.29, 0.717) is 42.3 Å². The van der Waals surface area contributed by atoms with Crippen molar-refractivity contribution < 1.29 is 19.8 Å². The first kappa shape index (κ1) is 40.2. The first-order valence-corrected chi connectivity index (χ1v) is 18.5. The zero-order valence-electron chi connectivity index (χ0n) is 31.2. The minimum absolute atomic E-state index is 0.171. The summed E-state index contributed by atoms with van der Waals surface area (Å²) in [6, 6.07) is 18.9. The molecule has 0 radical (unpaired) electrons. The average molecular weight is 812 g/mol. The van der Waals surface area contributed by atoms with Gasteiger partial charge in [0, 0.05) is 88.6 Å². The quantitative estimate of drug-likeness (QED) is 0.127. The van der Waals surface area contributed by atoms with E-state index in [0.717, 1.165) is 38.8 Å². The molecule has 4 aromatic heterocycles. The van der Waals surface area contributed by atoms with Crippen molar-refractivity contribution in [3.8, 4) is 34.9 Å². The molecule has 0 bridgehead atoms. The molecule has 286 valence electrons. The molecule has 8 rings (SSSR count). The van der Waals surface area contributed by atoms with E-state index in [1.165, 1.54) is 9.80 Å². The number of likely N-dealkylation sites (N-methyl/N-ethyl adjacent to an activating group) is 2. The molecule has 2 aromatic carbocycles. The number of rotatable bonds is 1. The van der Waals surface area contributed by atoms with Gasteiger partial charge in [-0.1, -0.05) is 59.5 Å². The van der Waals surface area contributed by atoms with Gasteiger partial charge in [-0.15, -0.1) is 0 Å². The van der Waals surface area contributed by atoms with Gasteiger partial charge in [0.25, 0.3) is 11.8 Å². The van der Waals surface area contributed by atoms with Gasteiger partial charge in [-0.2, -0.15) is 9.97 Å². The lowest BCUT2D eigenvalue weighted by molar-refractivity contribution is -0.138. The van der Waals surface area contributed by atoms with E-state index in [2.05, 4.69) is 43.6 Å². The van der Waals surface area contributed by atoms with Gasteiger partial charge in [0.2, 0.25) is 21.8 Å². The van der Waals surface area contributed by atoms with Crippen LogP contribution in [0.2, 0.25) is 15.7 Å². The Bertz CT molecular complexity index is 2620. The predicted molar refractivity (Wildman–Crippen MR) is 217 cm³/mol. The minimum atomic E-state index is -1.62. The highest BCUT2D eigenvalue weighted by atomic mass is 35.5. The second-order valence-electron chi connectivity index (χ2n) is 13.6. The molecular formula is C41H37Cl3N8O4. The topological polar surface area (TPSA) is 142 Å². The number of carbonyl (C=O) groups excluding carboxylic acids is 2. The first-order valence-electron chi connectivity index (χ1n) is 17.4. The minimum Gasteiger partial charge on any atom is -0.369 e. The van der Waals surface area contributed by atoms with Crippen LogP contribution in [0.1, 0.15) is 29.5 Å². The van der Waals surface area contributed by atoms with Crippen LogP contribution in [-0.4, -0.2) is 99.3 Å². The van der Waals surface area contributed by atoms with Gasteiger partial charge in [0.05, 0.1) is 11.1 Å². The number of carbonyl (C=O) groups is 2. The molecule has 0 aliphatic carbocycles. The van der Waals surface area contributed by atoms with Crippen LogP contribution in [0, 0.1) is 30.6 Å². The van der Waals surface area contributed by atoms with Gasteiger partial charge in [-0.25, -0.2) is 9.97 Å². The predicted octanol–water partition coefficient (Wildman–Crippen LogP) is 5.45. The smallest absolute Gasteiger partial charge is 0.267 e. The van der Waals surface area contributed by atoms with Crippen molar-refractivity contribution in [1.29, 1.82) is 0 Å². The average Bonchev–Trinajstić information content (AvgIpc) is 3.89. The lowest BCUT2D eigenvalue weighted by atomic mass is 10.0. The first-order chi connectivity index (χ1) is 26.6. The van der Waals surface area contributed by atoms with Crippen molar-refractivity contribution in [3.05, 3.63) is 105 Å². The molecule has 6 aromatic rings. The Balaban J connectivity index is 0.000000156. The van der Waals surface area contributed by atoms with Gasteiger partial charge in [-0.3, -0.25) is 9.59 Å². The molecule has 56 heavy (non-hydrogen) atoms. The van der Waals surface area contributed by atoms with Crippen molar-refractivity contribution in [2.45, 2.75) is 31.0 Å². The third kappa shape index (κ3) is 8.66. The fraction of sp³-hybridized carbons (Fsp3) is 0.268. The monoisotopic (exact) mass is 810 g/mol. The number of amides is 2. The number of nitrogens with zero attached hydrogens (tertiary/aromatic N) is 8. The Labute approximate surface area is 338 Å². The Hall–Kier alpha value is -5.47. The van der Waals surface area contributed by atoms with E-state index in [1.54, 1.807) is 14.1 Å². The number of hydrogen-bond acceptors (Lipinski definition) is 8. The molecule has 2 aliphatic heterocycles. The summed E-state index contributed by atoms with van der Waals surface area (Å²) in [5.41, 5.74) is 2.54. The summed E-state index contributed by atoms with van der Waals surface area (Å²) in [6.45, 7) is 3.03. The summed E-state index contributed by atoms with van der Waals surface area (Å²) in [4.78, 5) is 43.2. The Morgan fingerprint density at radius 3 is 1.70 bits per heavy atom. The Morgan fingerprint density at radius 2 is 1.16 bits per heavy atom. The van der Waals surface area contributed by atoms with Crippen molar-refractivity contribution in [2.75, 3.05) is 27.2 Å². The molecule has 12 nitrogen and oxygen atoms in total. The Kier molecular flexibility index (Phi) is 11.7. The lowest BCUT2D eigenvalue weighted by Gasteiger charge is -2.13. The third-order valence-corrected chi connectivity index (χ3v) is 9.97. The maximum absolute atomic E-state index is 12.1. The van der Waals surface area contributed by atoms with Crippen molar-refractivity contribution in [2.24, 2.45) is 14.1 Å². The van der Waals surface area contributed by atoms with Gasteiger partial charge in [-0.05, 0) is 72.1 Å². The Morgan fingerprint density at radius 1 is 0.661 bits per heavy atom. The van der Waals surface area contributed by atoms with Crippen molar-refractivity contribution >= 4 is 68.7 Å². The SMILES string of the molecule is CN1CC[C@@](O)(C#Cc2cccc(-c3nc(Cl)nc4c3ccn4C)c2)C1=O.Cc1cccc(C#C[C@]2(O)CCN(C)C2=O)c1.Cn1ccc2c(Cl)nc(Cl)nc21. The second kappa shape index (κ2) is 16.3. The summed E-state index contributed by atoms with van der Waals surface area (Å²) in [5.74, 6) is 10.6. The maximum Gasteiger partial charge on any atom is 0.267 e. The molecule has 6 heterocycles. The van der Waals surface area contributed by atoms with E-state index in [-0.39, 0.29) is 22.4 Å². The van der Waals surface area contributed by atoms with Crippen molar-refractivity contribution in [1.82, 2.24) is 38.9 Å². The number of benzene rings is 2. The van der Waals surface area contributed by atoms with Gasteiger partial charge >= 0.3 is 0 Å². The zero-order chi connectivity index (χ0) is 40.4. The van der Waals surface area contributed by atoms with E-state index >= 15 is 0 Å². The van der Waals surface area contributed by atoms with Crippen LogP contribution >= 0.6 is 34.8 Å². The van der Waals surface area contributed by atoms with E-state index in [9.17, 15) is 19.8 Å². The summed E-state index contributed by atoms with van der Waals surface area (Å²) < 4.78 is 3.72. The van der Waals surface area contributed by atoms with Crippen LogP contribution in [0.4, 0.5) is 0 Å². The van der Waals surface area contributed by atoms with E-state index in [4.69, 9.17) is 34.8 Å². The highest BCUT2D eigenvalue weighted by molar-refractivity contribution is 6.35. The summed E-state index contributed by atoms with van der Waals surface area (Å²) in [7, 11) is 7.11. The van der Waals surface area contributed by atoms with E-state index < -0.39 is 11.2 Å². The standard InChI is InChI=1S/C20H17ClN4O2.C14H15NO2.C7H5Cl2N3/c1-24-10-7-15-16(22-19(21)23-17(15)24)14-5-3-4-13(12-14)6-8-20(27)9-11-25(2)18(20)26;1-11-4-3-5-12(10-11)6-7-14(17)8-9-15(2)13(14)16;1-12-3-2-4-5(8)10-7(9)11-6(4)12/h3-5,7,10,12,27H,9,11H2,1-2H3;3-5,10,17H,8-9H2,1-2H3;2-3H,1H3/t20-;14-;/m00./s1. The summed E-state index contributed by atoms with van der Waals surface area (Å²) in [5, 5.41) is 23.0. The molecule has 0 saturated carbocycles. The van der Waals surface area contributed by atoms with Gasteiger partial charge in [0.1, 0.15) is 16.4 Å². The highest BCUT2D eigenvalue weighted by Gasteiger charge is 2.43. The second-order valence-corrected chi connectivity index (χ2v) is 14.6. The highest BCUT2D eigenvalue weighted by Crippen LogP contribution is 2.29. The van der Waals surface area contributed by atoms with Crippen LogP contribution in [0.3, 0.4) is 0 Å². The van der Waals surface area contributed by atoms with Gasteiger partial charge in [0.15, 0.2) is 0 Å². The number of halogens is 3. The largest absolute Gasteiger partial charge is 0.369 e. The zero-order valence-corrected chi connectivity index (χ0v) is 33.4. The van der Waals surface area contributed by atoms with Crippen molar-refractivity contribution in [3.63, 3.8) is 0 Å². The molecule has 2 atom stereocenters. The molecule has 15 heteroatoms. The molecule has 0 spiro atoms. The number of hydrogen-bond donors (Lipinski definition) is 2. The number of aromatic nitrogens is 6. The summed E-state index contributed by atoms with van der Waals surface area (Å²) >= 11 is 17.6. The van der Waals surface area contributed by atoms with Gasteiger partial charge < -0.3 is 29.1 Å². The molecule has 2 amide bonds. The molecule has 2 aliphatic rings. The van der Waals surface area contributed by atoms with Crippen LogP contribution in [0.15, 0.2) is 73.1 Å².